The van der Waals surface area contributed by atoms with Gasteiger partial charge < -0.3 is 30.7 Å². The number of carbonyl (C=O) groups is 2. The summed E-state index contributed by atoms with van der Waals surface area (Å²) < 4.78 is 98.8. The van der Waals surface area contributed by atoms with Crippen molar-refractivity contribution in [3.8, 4) is 11.3 Å². The van der Waals surface area contributed by atoms with Crippen molar-refractivity contribution < 1.29 is 50.2 Å². The van der Waals surface area contributed by atoms with Gasteiger partial charge in [-0.15, -0.1) is 5.10 Å². The minimum atomic E-state index is -5.08. The number of piperidine rings is 1. The summed E-state index contributed by atoms with van der Waals surface area (Å²) in [6.45, 7) is 1.45. The van der Waals surface area contributed by atoms with Crippen LogP contribution in [-0.2, 0) is 22.5 Å². The van der Waals surface area contributed by atoms with Crippen molar-refractivity contribution in [1.29, 1.82) is 0 Å². The lowest BCUT2D eigenvalue weighted by Crippen LogP contribution is -2.69. The summed E-state index contributed by atoms with van der Waals surface area (Å²) in [5, 5.41) is 20.8. The molecule has 300 valence electrons. The predicted octanol–water partition coefficient (Wildman–Crippen LogP) is 4.78. The highest BCUT2D eigenvalue weighted by molar-refractivity contribution is 5.94. The molecule has 1 amide bonds. The third-order valence-corrected chi connectivity index (χ3v) is 10.9. The van der Waals surface area contributed by atoms with Crippen LogP contribution in [0.15, 0.2) is 36.7 Å². The highest BCUT2D eigenvalue weighted by Gasteiger charge is 2.60. The van der Waals surface area contributed by atoms with Gasteiger partial charge in [-0.05, 0) is 61.6 Å². The Morgan fingerprint density at radius 3 is 2.46 bits per heavy atom. The number of fused-ring (bicyclic) bond motifs is 2. The number of hydrogen-bond acceptors (Lipinski definition) is 10. The Kier molecular flexibility index (Phi) is 10.3. The van der Waals surface area contributed by atoms with Gasteiger partial charge in [-0.25, -0.2) is 31.9 Å². The van der Waals surface area contributed by atoms with E-state index >= 15 is 8.78 Å². The molecule has 0 unspecified atom stereocenters. The first kappa shape index (κ1) is 39.2. The first-order chi connectivity index (χ1) is 26.5. The highest BCUT2D eigenvalue weighted by Crippen LogP contribution is 2.49. The van der Waals surface area contributed by atoms with Crippen LogP contribution in [0.5, 0.6) is 0 Å². The first-order valence-corrected chi connectivity index (χ1v) is 17.8. The fraction of sp³-hybridized carbons (Fsp3) is 0.472. The molecule has 13 nitrogen and oxygen atoms in total. The van der Waals surface area contributed by atoms with Crippen LogP contribution in [0.2, 0.25) is 0 Å². The molecule has 6 heterocycles. The summed E-state index contributed by atoms with van der Waals surface area (Å²) in [5.74, 6) is -6.59. The van der Waals surface area contributed by atoms with Crippen LogP contribution in [0.3, 0.4) is 0 Å². The number of carboxylic acids is 1. The smallest absolute Gasteiger partial charge is 0.475 e. The number of imidazole rings is 1. The van der Waals surface area contributed by atoms with Crippen LogP contribution in [0.25, 0.3) is 16.9 Å². The van der Waals surface area contributed by atoms with Crippen LogP contribution in [0, 0.1) is 17.0 Å². The number of amides is 1. The Balaban J connectivity index is 0.000000629. The third-order valence-electron chi connectivity index (χ3n) is 10.9. The van der Waals surface area contributed by atoms with Gasteiger partial charge in [0.05, 0.1) is 36.0 Å². The van der Waals surface area contributed by atoms with Crippen LogP contribution in [-0.4, -0.2) is 113 Å². The second-order valence-corrected chi connectivity index (χ2v) is 14.4. The number of methoxy groups -OCH3 is 1. The fourth-order valence-electron chi connectivity index (χ4n) is 7.78. The second-order valence-electron chi connectivity index (χ2n) is 14.4. The number of aromatic nitrogens is 4. The maximum absolute atomic E-state index is 15.7. The Bertz CT molecular complexity index is 2160. The van der Waals surface area contributed by atoms with Gasteiger partial charge in [-0.3, -0.25) is 14.7 Å². The van der Waals surface area contributed by atoms with E-state index in [-0.39, 0.29) is 49.1 Å². The number of likely N-dealkylation sites (tertiary alicyclic amines) is 1. The summed E-state index contributed by atoms with van der Waals surface area (Å²) in [5.41, 5.74) is 2.44. The maximum atomic E-state index is 15.7. The van der Waals surface area contributed by atoms with Gasteiger partial charge in [0.15, 0.2) is 17.2 Å². The van der Waals surface area contributed by atoms with E-state index in [1.807, 2.05) is 9.80 Å². The van der Waals surface area contributed by atoms with Crippen molar-refractivity contribution in [3.63, 3.8) is 0 Å². The fourth-order valence-corrected chi connectivity index (χ4v) is 7.78. The third kappa shape index (κ3) is 7.20. The van der Waals surface area contributed by atoms with Gasteiger partial charge in [0, 0.05) is 63.9 Å². The van der Waals surface area contributed by atoms with Crippen molar-refractivity contribution in [2.45, 2.75) is 56.5 Å². The van der Waals surface area contributed by atoms with Crippen LogP contribution in [0.4, 0.5) is 47.9 Å². The number of halogens is 7. The molecule has 1 saturated carbocycles. The molecular formula is C36H38F7N9O4. The molecule has 56 heavy (non-hydrogen) atoms. The zero-order valence-corrected chi connectivity index (χ0v) is 30.2. The number of carbonyl (C=O) groups excluding carboxylic acids is 1. The van der Waals surface area contributed by atoms with E-state index in [4.69, 9.17) is 19.7 Å². The topological polar surface area (TPSA) is 149 Å². The molecule has 2 saturated heterocycles. The molecule has 1 aliphatic carbocycles. The van der Waals surface area contributed by atoms with Crippen LogP contribution < -0.4 is 20.9 Å². The SMILES string of the molecule is CNc1cc(N2CCc3c(-c4ncc(CN5CC6(CCNCC6(F)F)C5)cc4F)cc(F)cc32)nn2c(C(=O)N[C@@H]3CC[C@H]3OC)cnc12.O=C(O)C(F)(F)F. The number of rotatable bonds is 8. The van der Waals surface area contributed by atoms with Crippen molar-refractivity contribution in [2.75, 3.05) is 57.1 Å². The molecule has 1 spiro atoms. The number of aliphatic carboxylic acids is 1. The van der Waals surface area contributed by atoms with E-state index in [0.29, 0.717) is 72.0 Å². The second kappa shape index (κ2) is 14.8. The van der Waals surface area contributed by atoms with Gasteiger partial charge in [-0.2, -0.15) is 13.2 Å². The van der Waals surface area contributed by atoms with E-state index in [0.717, 1.165) is 12.8 Å². The molecule has 4 N–H and O–H groups in total. The zero-order valence-electron chi connectivity index (χ0n) is 30.2. The number of benzene rings is 1. The summed E-state index contributed by atoms with van der Waals surface area (Å²) in [6, 6.07) is 5.72. The average Bonchev–Trinajstić information content (AvgIpc) is 3.74. The van der Waals surface area contributed by atoms with E-state index in [9.17, 15) is 26.7 Å². The molecule has 0 bridgehead atoms. The number of alkyl halides is 5. The van der Waals surface area contributed by atoms with E-state index in [1.165, 1.54) is 35.1 Å². The minimum Gasteiger partial charge on any atom is -0.475 e. The molecule has 2 atom stereocenters. The van der Waals surface area contributed by atoms with E-state index in [2.05, 4.69) is 25.9 Å². The van der Waals surface area contributed by atoms with Gasteiger partial charge >= 0.3 is 12.1 Å². The monoisotopic (exact) mass is 793 g/mol. The Labute approximate surface area is 315 Å². The summed E-state index contributed by atoms with van der Waals surface area (Å²) in [4.78, 5) is 34.7. The number of anilines is 3. The lowest BCUT2D eigenvalue weighted by Gasteiger charge is -2.56. The summed E-state index contributed by atoms with van der Waals surface area (Å²) in [7, 11) is 3.36. The number of nitrogens with zero attached hydrogens (tertiary/aromatic N) is 6. The number of ether oxygens (including phenoxy) is 1. The Hall–Kier alpha value is -5.08. The van der Waals surface area contributed by atoms with Gasteiger partial charge in [-0.1, -0.05) is 0 Å². The molecule has 4 aliphatic rings. The number of nitrogens with one attached hydrogen (secondary N) is 3. The number of hydrogen-bond donors (Lipinski definition) is 4. The Morgan fingerprint density at radius 2 is 1.84 bits per heavy atom. The molecular weight excluding hydrogens is 755 g/mol. The van der Waals surface area contributed by atoms with E-state index in [1.54, 1.807) is 20.2 Å². The quantitative estimate of drug-likeness (QED) is 0.183. The molecule has 8 rings (SSSR count). The number of carboxylic acid groups (broad SMARTS) is 1. The van der Waals surface area contributed by atoms with Crippen LogP contribution in [0.1, 0.15) is 40.9 Å². The normalized spacial score (nSPS) is 21.1. The first-order valence-electron chi connectivity index (χ1n) is 17.8. The lowest BCUT2D eigenvalue weighted by molar-refractivity contribution is -0.205. The lowest BCUT2D eigenvalue weighted by atomic mass is 9.69. The minimum absolute atomic E-state index is 0.0181. The summed E-state index contributed by atoms with van der Waals surface area (Å²) >= 11 is 0. The standard InChI is InChI=1S/C34H37F4N9O2.C2HF3O2/c1-39-25-12-29(44-47-27(14-42-31(25)47)32(48)43-24-3-4-28(24)49-2)46-8-5-21-22(10-20(35)11-26(21)46)30-23(36)9-19(13-41-30)15-45-17-33(18-45)6-7-40-16-34(33,37)38;3-2(4,5)1(6)7/h9-14,24,28,39-40H,3-8,15-18H2,1-2H3,(H,43,48);(H,6,7)/t24-,28-;/m1./s1. The molecule has 1 aromatic carbocycles. The van der Waals surface area contributed by atoms with Crippen molar-refractivity contribution in [3.05, 3.63) is 65.1 Å². The maximum Gasteiger partial charge on any atom is 0.490 e. The van der Waals surface area contributed by atoms with Crippen LogP contribution >= 0.6 is 0 Å². The Morgan fingerprint density at radius 1 is 1.09 bits per heavy atom. The molecule has 3 fully saturated rings. The van der Waals surface area contributed by atoms with Gasteiger partial charge in [0.2, 0.25) is 0 Å². The molecule has 3 aliphatic heterocycles. The number of pyridine rings is 1. The molecule has 4 aromatic rings. The van der Waals surface area contributed by atoms with E-state index < -0.39 is 35.1 Å². The average molecular weight is 794 g/mol. The van der Waals surface area contributed by atoms with Crippen molar-refractivity contribution in [1.82, 2.24) is 35.1 Å². The van der Waals surface area contributed by atoms with Crippen molar-refractivity contribution >= 4 is 34.7 Å². The molecule has 20 heteroatoms. The highest BCUT2D eigenvalue weighted by atomic mass is 19.4. The largest absolute Gasteiger partial charge is 0.490 e. The summed E-state index contributed by atoms with van der Waals surface area (Å²) in [6.07, 6.45) is 0.446. The van der Waals surface area contributed by atoms with Gasteiger partial charge in [0.25, 0.3) is 11.8 Å². The van der Waals surface area contributed by atoms with Crippen molar-refractivity contribution in [2.24, 2.45) is 5.41 Å². The van der Waals surface area contributed by atoms with Gasteiger partial charge in [0.1, 0.15) is 17.3 Å². The molecule has 3 aromatic heterocycles. The molecule has 0 radical (unpaired) electrons. The zero-order chi connectivity index (χ0) is 40.2. The predicted molar refractivity (Wildman–Crippen MR) is 188 cm³/mol.